The zero-order valence-corrected chi connectivity index (χ0v) is 39.5. The van der Waals surface area contributed by atoms with Crippen LogP contribution in [0.5, 0.6) is 0 Å². The summed E-state index contributed by atoms with van der Waals surface area (Å²) in [6, 6.07) is 87.3. The van der Waals surface area contributed by atoms with E-state index in [0.29, 0.717) is 0 Å². The first-order valence-electron chi connectivity index (χ1n) is 23.7. The molecule has 0 spiro atoms. The predicted molar refractivity (Wildman–Crippen MR) is 301 cm³/mol. The summed E-state index contributed by atoms with van der Waals surface area (Å²) in [5.74, 6) is 0.990. The van der Waals surface area contributed by atoms with Gasteiger partial charge in [0.05, 0.1) is 26.8 Å². The van der Waals surface area contributed by atoms with Crippen molar-refractivity contribution in [3.8, 4) is 44.9 Å². The predicted octanol–water partition coefficient (Wildman–Crippen LogP) is 18.7. The van der Waals surface area contributed by atoms with Crippen molar-refractivity contribution in [2.24, 2.45) is 0 Å². The Balaban J connectivity index is 0.000000135. The van der Waals surface area contributed by atoms with Crippen LogP contribution in [0.15, 0.2) is 249 Å². The molecule has 5 heterocycles. The van der Waals surface area contributed by atoms with Crippen LogP contribution in [-0.2, 0) is 0 Å². The molecule has 15 rings (SSSR count). The maximum atomic E-state index is 4.97. The van der Waals surface area contributed by atoms with Crippen LogP contribution in [0.4, 0.5) is 0 Å². The molecule has 0 N–H and O–H groups in total. The summed E-state index contributed by atoms with van der Waals surface area (Å²) >= 11 is 3.71. The molecule has 328 valence electrons. The molecule has 0 amide bonds. The first-order chi connectivity index (χ1) is 34.7. The van der Waals surface area contributed by atoms with Crippen molar-refractivity contribution in [2.75, 3.05) is 0 Å². The van der Waals surface area contributed by atoms with Gasteiger partial charge in [-0.2, -0.15) is 0 Å². The minimum atomic E-state index is 0.990. The summed E-state index contributed by atoms with van der Waals surface area (Å²) in [5.41, 5.74) is 13.5. The Kier molecular flexibility index (Phi) is 9.58. The number of hydrogen-bond donors (Lipinski definition) is 0. The van der Waals surface area contributed by atoms with Crippen molar-refractivity contribution in [3.63, 3.8) is 0 Å². The Morgan fingerprint density at radius 1 is 0.286 bits per heavy atom. The molecular formula is C65H41N3S2. The topological polar surface area (TPSA) is 22.8 Å². The third-order valence-electron chi connectivity index (χ3n) is 13.9. The fourth-order valence-electron chi connectivity index (χ4n) is 10.7. The second kappa shape index (κ2) is 16.6. The lowest BCUT2D eigenvalue weighted by Crippen LogP contribution is -1.97. The smallest absolute Gasteiger partial charge is 0.155 e. The van der Waals surface area contributed by atoms with E-state index in [9.17, 15) is 0 Å². The summed E-state index contributed by atoms with van der Waals surface area (Å²) in [6.07, 6.45) is 1.96. The van der Waals surface area contributed by atoms with Crippen molar-refractivity contribution in [3.05, 3.63) is 249 Å². The van der Waals surface area contributed by atoms with Gasteiger partial charge in [0.1, 0.15) is 0 Å². The number of para-hydroxylation sites is 4. The van der Waals surface area contributed by atoms with Crippen LogP contribution in [0.1, 0.15) is 0 Å². The molecule has 5 heteroatoms. The maximum Gasteiger partial charge on any atom is 0.155 e. The molecular weight excluding hydrogens is 887 g/mol. The molecule has 0 radical (unpaired) electrons. The molecule has 0 saturated heterocycles. The largest absolute Gasteiger partial charge is 0.309 e. The van der Waals surface area contributed by atoms with Crippen molar-refractivity contribution in [1.29, 1.82) is 0 Å². The minimum absolute atomic E-state index is 0.990. The number of nitrogens with zero attached hydrogens (tertiary/aromatic N) is 3. The molecule has 0 unspecified atom stereocenters. The normalized spacial score (nSPS) is 11.7. The second-order valence-electron chi connectivity index (χ2n) is 17.8. The summed E-state index contributed by atoms with van der Waals surface area (Å²) in [6.45, 7) is 0. The summed E-state index contributed by atoms with van der Waals surface area (Å²) in [4.78, 5) is 4.97. The fraction of sp³-hybridized carbons (Fsp3) is 0. The maximum absolute atomic E-state index is 4.97. The summed E-state index contributed by atoms with van der Waals surface area (Å²) < 4.78 is 9.90. The number of thiophene rings is 2. The molecule has 70 heavy (non-hydrogen) atoms. The first kappa shape index (κ1) is 40.5. The van der Waals surface area contributed by atoms with E-state index in [2.05, 4.69) is 252 Å². The zero-order chi connectivity index (χ0) is 46.1. The van der Waals surface area contributed by atoms with E-state index in [1.54, 1.807) is 0 Å². The monoisotopic (exact) mass is 927 g/mol. The van der Waals surface area contributed by atoms with Gasteiger partial charge in [-0.3, -0.25) is 4.57 Å². The lowest BCUT2D eigenvalue weighted by molar-refractivity contribution is 1.11. The van der Waals surface area contributed by atoms with E-state index >= 15 is 0 Å². The Bertz CT molecular complexity index is 4370. The third kappa shape index (κ3) is 6.58. The Hall–Kier alpha value is -8.61. The highest BCUT2D eigenvalue weighted by molar-refractivity contribution is 7.26. The van der Waals surface area contributed by atoms with Gasteiger partial charge in [0.25, 0.3) is 0 Å². The Morgan fingerprint density at radius 2 is 0.757 bits per heavy atom. The van der Waals surface area contributed by atoms with Gasteiger partial charge in [-0.15, -0.1) is 22.7 Å². The SMILES string of the molecule is c1ccc(-c2ccc(-c3cccc(-c4cccc5c4sc4ccccc45)c3)cc2)cc1.c1ccc2c(c1)c1ccccc1n2-c1ccc2sc3c(-n4c5ccccc5c5ccccc54)nccc3c2c1. The highest BCUT2D eigenvalue weighted by atomic mass is 32.1. The Morgan fingerprint density at radius 3 is 1.43 bits per heavy atom. The molecule has 0 fully saturated rings. The quantitative estimate of drug-likeness (QED) is 0.169. The van der Waals surface area contributed by atoms with E-state index in [-0.39, 0.29) is 0 Å². The lowest BCUT2D eigenvalue weighted by atomic mass is 9.96. The molecule has 0 aliphatic carbocycles. The summed E-state index contributed by atoms with van der Waals surface area (Å²) in [5, 5.41) is 10.3. The second-order valence-corrected chi connectivity index (χ2v) is 19.9. The number of hydrogen-bond acceptors (Lipinski definition) is 3. The van der Waals surface area contributed by atoms with Crippen molar-refractivity contribution < 1.29 is 0 Å². The van der Waals surface area contributed by atoms with Crippen LogP contribution in [-0.4, -0.2) is 14.1 Å². The zero-order valence-electron chi connectivity index (χ0n) is 37.8. The molecule has 0 saturated carbocycles. The van der Waals surface area contributed by atoms with Gasteiger partial charge in [-0.05, 0) is 94.0 Å². The van der Waals surface area contributed by atoms with Gasteiger partial charge in [-0.1, -0.05) is 182 Å². The highest BCUT2D eigenvalue weighted by Crippen LogP contribution is 2.43. The van der Waals surface area contributed by atoms with Crippen LogP contribution in [0.2, 0.25) is 0 Å². The molecule has 0 atom stereocenters. The van der Waals surface area contributed by atoms with Gasteiger partial charge in [0.2, 0.25) is 0 Å². The average Bonchev–Trinajstić information content (AvgIpc) is 4.19. The molecule has 10 aromatic carbocycles. The highest BCUT2D eigenvalue weighted by Gasteiger charge is 2.19. The van der Waals surface area contributed by atoms with Crippen molar-refractivity contribution in [2.45, 2.75) is 0 Å². The van der Waals surface area contributed by atoms with Crippen LogP contribution < -0.4 is 0 Å². The van der Waals surface area contributed by atoms with E-state index in [1.165, 1.54) is 123 Å². The molecule has 5 aromatic heterocycles. The third-order valence-corrected chi connectivity index (χ3v) is 16.3. The fourth-order valence-corrected chi connectivity index (χ4v) is 13.0. The molecule has 0 aliphatic rings. The number of rotatable bonds is 5. The van der Waals surface area contributed by atoms with Crippen LogP contribution in [0, 0.1) is 0 Å². The van der Waals surface area contributed by atoms with Crippen molar-refractivity contribution in [1.82, 2.24) is 14.1 Å². The van der Waals surface area contributed by atoms with Crippen LogP contribution in [0.3, 0.4) is 0 Å². The van der Waals surface area contributed by atoms with E-state index in [4.69, 9.17) is 4.98 Å². The standard InChI is InChI=1S/C35H21N3S.C30H20S/c1-5-13-29-23(9-1)24-10-2-6-14-30(24)37(29)22-17-18-33-28(21-22)27-19-20-36-35(34(27)39-33)38-31-15-7-3-11-25(31)26-12-4-8-16-32(26)38;1-2-8-21(9-3-1)22-16-18-23(19-17-22)24-10-6-11-25(20-24)26-13-7-14-28-27-12-4-5-15-29(27)31-30(26)28/h1-21H;1-20H. The first-order valence-corrected chi connectivity index (χ1v) is 25.3. The van der Waals surface area contributed by atoms with Crippen molar-refractivity contribution >= 4 is 107 Å². The molecule has 15 aromatic rings. The number of benzene rings is 10. The van der Waals surface area contributed by atoms with E-state index in [1.807, 2.05) is 28.9 Å². The lowest BCUT2D eigenvalue weighted by Gasteiger charge is -2.09. The molecule has 3 nitrogen and oxygen atoms in total. The van der Waals surface area contributed by atoms with Gasteiger partial charge in [0, 0.05) is 69.1 Å². The van der Waals surface area contributed by atoms with E-state index < -0.39 is 0 Å². The minimum Gasteiger partial charge on any atom is -0.309 e. The van der Waals surface area contributed by atoms with Gasteiger partial charge >= 0.3 is 0 Å². The average molecular weight is 928 g/mol. The van der Waals surface area contributed by atoms with Crippen LogP contribution in [0.25, 0.3) is 129 Å². The molecule has 0 aliphatic heterocycles. The summed E-state index contributed by atoms with van der Waals surface area (Å²) in [7, 11) is 0. The van der Waals surface area contributed by atoms with Gasteiger partial charge in [-0.25, -0.2) is 4.98 Å². The number of aromatic nitrogens is 3. The van der Waals surface area contributed by atoms with Gasteiger partial charge < -0.3 is 4.57 Å². The van der Waals surface area contributed by atoms with Gasteiger partial charge in [0.15, 0.2) is 5.82 Å². The Labute approximate surface area is 412 Å². The van der Waals surface area contributed by atoms with Crippen LogP contribution >= 0.6 is 22.7 Å². The molecule has 0 bridgehead atoms. The van der Waals surface area contributed by atoms with E-state index in [0.717, 1.165) is 5.82 Å². The number of fused-ring (bicyclic) bond motifs is 12. The number of pyridine rings is 1.